The maximum absolute atomic E-state index is 11.8. The van der Waals surface area contributed by atoms with E-state index in [0.717, 1.165) is 17.9 Å². The molecule has 0 saturated heterocycles. The number of carbonyl (C=O) groups is 1. The Morgan fingerprint density at radius 1 is 1.17 bits per heavy atom. The summed E-state index contributed by atoms with van der Waals surface area (Å²) in [5, 5.41) is 2.93. The minimum atomic E-state index is 0.0632. The first-order chi connectivity index (χ1) is 11.1. The second-order valence-electron chi connectivity index (χ2n) is 5.61. The van der Waals surface area contributed by atoms with Gasteiger partial charge >= 0.3 is 0 Å². The van der Waals surface area contributed by atoms with E-state index in [-0.39, 0.29) is 5.91 Å². The molecule has 0 saturated carbocycles. The highest BCUT2D eigenvalue weighted by atomic mass is 16.5. The fourth-order valence-electron chi connectivity index (χ4n) is 2.25. The highest BCUT2D eigenvalue weighted by molar-refractivity contribution is 5.75. The van der Waals surface area contributed by atoms with Gasteiger partial charge in [0.15, 0.2) is 0 Å². The third kappa shape index (κ3) is 6.43. The van der Waals surface area contributed by atoms with Crippen LogP contribution in [0.15, 0.2) is 48.5 Å². The van der Waals surface area contributed by atoms with Crippen LogP contribution in [-0.2, 0) is 11.2 Å². The van der Waals surface area contributed by atoms with Crippen LogP contribution < -0.4 is 15.8 Å². The van der Waals surface area contributed by atoms with Crippen molar-refractivity contribution >= 4 is 11.6 Å². The van der Waals surface area contributed by atoms with E-state index in [0.29, 0.717) is 26.0 Å². The van der Waals surface area contributed by atoms with Crippen molar-refractivity contribution in [1.82, 2.24) is 5.32 Å². The summed E-state index contributed by atoms with van der Waals surface area (Å²) in [6.45, 7) is 3.22. The highest BCUT2D eigenvalue weighted by Gasteiger charge is 2.02. The molecule has 0 atom stereocenters. The van der Waals surface area contributed by atoms with Crippen LogP contribution in [0.25, 0.3) is 0 Å². The van der Waals surface area contributed by atoms with Crippen LogP contribution in [0.3, 0.4) is 0 Å². The van der Waals surface area contributed by atoms with Crippen LogP contribution in [0, 0.1) is 6.92 Å². The summed E-state index contributed by atoms with van der Waals surface area (Å²) in [5.41, 5.74) is 8.73. The summed E-state index contributed by atoms with van der Waals surface area (Å²) in [4.78, 5) is 11.8. The third-order valence-corrected chi connectivity index (χ3v) is 3.52. The van der Waals surface area contributed by atoms with Crippen molar-refractivity contribution in [3.63, 3.8) is 0 Å². The molecule has 2 aromatic carbocycles. The lowest BCUT2D eigenvalue weighted by molar-refractivity contribution is -0.121. The molecule has 0 aliphatic heterocycles. The molecule has 23 heavy (non-hydrogen) atoms. The molecule has 0 radical (unpaired) electrons. The molecule has 2 aromatic rings. The predicted octanol–water partition coefficient (Wildman–Crippen LogP) is 3.10. The maximum Gasteiger partial charge on any atom is 0.220 e. The largest absolute Gasteiger partial charge is 0.494 e. The van der Waals surface area contributed by atoms with E-state index in [4.69, 9.17) is 10.5 Å². The Morgan fingerprint density at radius 2 is 1.96 bits per heavy atom. The van der Waals surface area contributed by atoms with Crippen LogP contribution in [0.4, 0.5) is 5.69 Å². The first kappa shape index (κ1) is 16.9. The summed E-state index contributed by atoms with van der Waals surface area (Å²) >= 11 is 0. The minimum absolute atomic E-state index is 0.0632. The second kappa shape index (κ2) is 8.83. The molecule has 2 rings (SSSR count). The fraction of sp³-hybridized carbons (Fsp3) is 0.316. The number of nitrogens with two attached hydrogens (primary N) is 1. The number of ether oxygens (including phenoxy) is 1. The number of nitrogens with one attached hydrogen (secondary N) is 1. The second-order valence-corrected chi connectivity index (χ2v) is 5.61. The van der Waals surface area contributed by atoms with E-state index in [2.05, 4.69) is 5.32 Å². The monoisotopic (exact) mass is 312 g/mol. The van der Waals surface area contributed by atoms with E-state index in [1.165, 1.54) is 11.1 Å². The van der Waals surface area contributed by atoms with Crippen molar-refractivity contribution in [3.05, 3.63) is 59.7 Å². The SMILES string of the molecule is Cc1cccc(OCCCC(=O)NCCc2ccc(N)cc2)c1. The minimum Gasteiger partial charge on any atom is -0.494 e. The van der Waals surface area contributed by atoms with Gasteiger partial charge in [-0.15, -0.1) is 0 Å². The normalized spacial score (nSPS) is 10.3. The van der Waals surface area contributed by atoms with Crippen molar-refractivity contribution in [2.45, 2.75) is 26.2 Å². The van der Waals surface area contributed by atoms with Crippen molar-refractivity contribution in [2.24, 2.45) is 0 Å². The zero-order chi connectivity index (χ0) is 16.5. The van der Waals surface area contributed by atoms with Crippen LogP contribution >= 0.6 is 0 Å². The quantitative estimate of drug-likeness (QED) is 0.581. The van der Waals surface area contributed by atoms with Gasteiger partial charge in [0, 0.05) is 18.7 Å². The van der Waals surface area contributed by atoms with E-state index < -0.39 is 0 Å². The number of benzene rings is 2. The molecule has 0 aliphatic rings. The van der Waals surface area contributed by atoms with E-state index in [1.54, 1.807) is 0 Å². The van der Waals surface area contributed by atoms with Crippen molar-refractivity contribution in [3.8, 4) is 5.75 Å². The zero-order valence-electron chi connectivity index (χ0n) is 13.5. The number of aryl methyl sites for hydroxylation is 1. The number of rotatable bonds is 8. The number of carbonyl (C=O) groups excluding carboxylic acids is 1. The van der Waals surface area contributed by atoms with Gasteiger partial charge in [-0.25, -0.2) is 0 Å². The highest BCUT2D eigenvalue weighted by Crippen LogP contribution is 2.12. The average Bonchev–Trinajstić information content (AvgIpc) is 2.54. The lowest BCUT2D eigenvalue weighted by atomic mass is 10.1. The van der Waals surface area contributed by atoms with Gasteiger partial charge < -0.3 is 15.8 Å². The molecule has 122 valence electrons. The topological polar surface area (TPSA) is 64.3 Å². The zero-order valence-corrected chi connectivity index (χ0v) is 13.5. The Balaban J connectivity index is 1.57. The standard InChI is InChI=1S/C19H24N2O2/c1-15-4-2-5-18(14-15)23-13-3-6-19(22)21-12-11-16-7-9-17(20)10-8-16/h2,4-5,7-10,14H,3,6,11-13,20H2,1H3,(H,21,22). The first-order valence-corrected chi connectivity index (χ1v) is 7.94. The van der Waals surface area contributed by atoms with Crippen LogP contribution in [0.1, 0.15) is 24.0 Å². The van der Waals surface area contributed by atoms with Gasteiger partial charge in [0.05, 0.1) is 6.61 Å². The summed E-state index contributed by atoms with van der Waals surface area (Å²) in [7, 11) is 0. The van der Waals surface area contributed by atoms with Crippen LogP contribution in [0.5, 0.6) is 5.75 Å². The lowest BCUT2D eigenvalue weighted by Gasteiger charge is -2.08. The first-order valence-electron chi connectivity index (χ1n) is 7.94. The number of nitrogen functional groups attached to an aromatic ring is 1. The molecule has 0 aromatic heterocycles. The molecule has 1 amide bonds. The van der Waals surface area contributed by atoms with Gasteiger partial charge in [0.2, 0.25) is 5.91 Å². The van der Waals surface area contributed by atoms with Gasteiger partial charge in [0.1, 0.15) is 5.75 Å². The number of hydrogen-bond acceptors (Lipinski definition) is 3. The van der Waals surface area contributed by atoms with E-state index >= 15 is 0 Å². The fourth-order valence-corrected chi connectivity index (χ4v) is 2.25. The van der Waals surface area contributed by atoms with Crippen molar-refractivity contribution in [1.29, 1.82) is 0 Å². The third-order valence-electron chi connectivity index (χ3n) is 3.52. The Labute approximate surface area is 137 Å². The Kier molecular flexibility index (Phi) is 6.48. The number of anilines is 1. The number of hydrogen-bond donors (Lipinski definition) is 2. The lowest BCUT2D eigenvalue weighted by Crippen LogP contribution is -2.25. The molecule has 3 N–H and O–H groups in total. The molecular formula is C19H24N2O2. The van der Waals surface area contributed by atoms with Crippen molar-refractivity contribution in [2.75, 3.05) is 18.9 Å². The predicted molar refractivity (Wildman–Crippen MR) is 93.5 cm³/mol. The summed E-state index contributed by atoms with van der Waals surface area (Å²) < 4.78 is 5.63. The Morgan fingerprint density at radius 3 is 2.70 bits per heavy atom. The molecule has 4 nitrogen and oxygen atoms in total. The van der Waals surface area contributed by atoms with Gasteiger partial charge in [0.25, 0.3) is 0 Å². The smallest absolute Gasteiger partial charge is 0.220 e. The van der Waals surface area contributed by atoms with Crippen molar-refractivity contribution < 1.29 is 9.53 Å². The molecule has 0 heterocycles. The molecule has 0 aliphatic carbocycles. The Hall–Kier alpha value is -2.49. The molecule has 0 spiro atoms. The van der Waals surface area contributed by atoms with Gasteiger partial charge in [-0.2, -0.15) is 0 Å². The van der Waals surface area contributed by atoms with Crippen LogP contribution in [-0.4, -0.2) is 19.1 Å². The Bertz CT molecular complexity index is 624. The summed E-state index contributed by atoms with van der Waals surface area (Å²) in [6, 6.07) is 15.6. The molecule has 0 bridgehead atoms. The maximum atomic E-state index is 11.8. The molecule has 4 heteroatoms. The summed E-state index contributed by atoms with van der Waals surface area (Å²) in [6.07, 6.45) is 2.00. The van der Waals surface area contributed by atoms with E-state index in [1.807, 2.05) is 55.5 Å². The number of amides is 1. The molecule has 0 unspecified atom stereocenters. The van der Waals surface area contributed by atoms with E-state index in [9.17, 15) is 4.79 Å². The van der Waals surface area contributed by atoms with Gasteiger partial charge in [-0.3, -0.25) is 4.79 Å². The summed E-state index contributed by atoms with van der Waals surface area (Å²) in [5.74, 6) is 0.919. The molecule has 0 fully saturated rings. The molecular weight excluding hydrogens is 288 g/mol. The van der Waals surface area contributed by atoms with Gasteiger partial charge in [-0.1, -0.05) is 24.3 Å². The average molecular weight is 312 g/mol. The van der Waals surface area contributed by atoms with Gasteiger partial charge in [-0.05, 0) is 55.2 Å². The van der Waals surface area contributed by atoms with Crippen LogP contribution in [0.2, 0.25) is 0 Å².